The van der Waals surface area contributed by atoms with Gasteiger partial charge in [-0.2, -0.15) is 0 Å². The van der Waals surface area contributed by atoms with E-state index in [1.54, 1.807) is 0 Å². The molecule has 0 bridgehead atoms. The highest BCUT2D eigenvalue weighted by molar-refractivity contribution is 5.20. The molecule has 0 aromatic carbocycles. The molecule has 5 nitrogen and oxygen atoms in total. The fourth-order valence-corrected chi connectivity index (χ4v) is 0.651. The van der Waals surface area contributed by atoms with Gasteiger partial charge in [-0.05, 0) is 6.42 Å². The highest BCUT2D eigenvalue weighted by Gasteiger charge is 2.00. The first-order valence-corrected chi connectivity index (χ1v) is 3.61. The van der Waals surface area contributed by atoms with E-state index < -0.39 is 0 Å². The summed E-state index contributed by atoms with van der Waals surface area (Å²) in [4.78, 5) is 2.77. The Kier molecular flexibility index (Phi) is 2.85. The maximum Gasteiger partial charge on any atom is 0.221 e. The lowest BCUT2D eigenvalue weighted by Gasteiger charge is -2.06. The van der Waals surface area contributed by atoms with Crippen LogP contribution in [0.5, 0.6) is 0 Å². The van der Waals surface area contributed by atoms with Gasteiger partial charge in [0.25, 0.3) is 0 Å². The monoisotopic (exact) mass is 156 g/mol. The van der Waals surface area contributed by atoms with E-state index in [0.717, 1.165) is 6.42 Å². The second-order valence-electron chi connectivity index (χ2n) is 2.28. The Balaban J connectivity index is 2.23. The minimum absolute atomic E-state index is 0.319. The molecule has 0 saturated heterocycles. The molecule has 0 aliphatic heterocycles. The third-order valence-electron chi connectivity index (χ3n) is 1.39. The SMILES string of the molecule is CCC(O)CNc1nnc[nH]1. The highest BCUT2D eigenvalue weighted by atomic mass is 16.3. The molecule has 1 atom stereocenters. The first-order chi connectivity index (χ1) is 5.33. The van der Waals surface area contributed by atoms with E-state index in [2.05, 4.69) is 20.5 Å². The van der Waals surface area contributed by atoms with Crippen molar-refractivity contribution in [3.05, 3.63) is 6.33 Å². The number of hydrogen-bond donors (Lipinski definition) is 3. The van der Waals surface area contributed by atoms with Crippen LogP contribution < -0.4 is 5.32 Å². The van der Waals surface area contributed by atoms with Crippen molar-refractivity contribution in [2.75, 3.05) is 11.9 Å². The molecule has 1 heterocycles. The van der Waals surface area contributed by atoms with Gasteiger partial charge in [0.15, 0.2) is 0 Å². The smallest absolute Gasteiger partial charge is 0.221 e. The molecule has 0 fully saturated rings. The molecule has 0 amide bonds. The minimum atomic E-state index is -0.319. The summed E-state index contributed by atoms with van der Waals surface area (Å²) in [5, 5.41) is 19.3. The summed E-state index contributed by atoms with van der Waals surface area (Å²) in [6, 6.07) is 0. The molecule has 1 unspecified atom stereocenters. The summed E-state index contributed by atoms with van der Waals surface area (Å²) in [6.07, 6.45) is 1.90. The van der Waals surface area contributed by atoms with Crippen molar-refractivity contribution >= 4 is 5.95 Å². The summed E-state index contributed by atoms with van der Waals surface area (Å²) in [7, 11) is 0. The predicted octanol–water partition coefficient (Wildman–Crippen LogP) is -0.0125. The molecule has 1 aromatic rings. The molecule has 0 saturated carbocycles. The first kappa shape index (κ1) is 8.00. The normalized spacial score (nSPS) is 12.9. The van der Waals surface area contributed by atoms with Gasteiger partial charge in [-0.1, -0.05) is 6.92 Å². The second kappa shape index (κ2) is 3.92. The highest BCUT2D eigenvalue weighted by Crippen LogP contribution is 1.94. The number of nitrogens with one attached hydrogen (secondary N) is 2. The number of aliphatic hydroxyl groups is 1. The van der Waals surface area contributed by atoms with Crippen LogP contribution in [-0.2, 0) is 0 Å². The van der Waals surface area contributed by atoms with Crippen molar-refractivity contribution in [3.8, 4) is 0 Å². The van der Waals surface area contributed by atoms with E-state index in [9.17, 15) is 0 Å². The van der Waals surface area contributed by atoms with Crippen LogP contribution in [0.4, 0.5) is 5.95 Å². The van der Waals surface area contributed by atoms with Crippen LogP contribution in [0.25, 0.3) is 0 Å². The molecule has 0 spiro atoms. The van der Waals surface area contributed by atoms with E-state index in [4.69, 9.17) is 5.11 Å². The Hall–Kier alpha value is -1.10. The zero-order valence-corrected chi connectivity index (χ0v) is 6.41. The van der Waals surface area contributed by atoms with Crippen molar-refractivity contribution in [1.29, 1.82) is 0 Å². The van der Waals surface area contributed by atoms with E-state index in [-0.39, 0.29) is 6.10 Å². The van der Waals surface area contributed by atoms with E-state index in [0.29, 0.717) is 12.5 Å². The topological polar surface area (TPSA) is 73.8 Å². The van der Waals surface area contributed by atoms with Crippen LogP contribution in [0.15, 0.2) is 6.33 Å². The van der Waals surface area contributed by atoms with Gasteiger partial charge in [0.05, 0.1) is 6.10 Å². The summed E-state index contributed by atoms with van der Waals surface area (Å²) >= 11 is 0. The molecule has 62 valence electrons. The van der Waals surface area contributed by atoms with Crippen molar-refractivity contribution in [2.45, 2.75) is 19.4 Å². The van der Waals surface area contributed by atoms with Crippen molar-refractivity contribution in [1.82, 2.24) is 15.2 Å². The van der Waals surface area contributed by atoms with Gasteiger partial charge in [-0.3, -0.25) is 0 Å². The van der Waals surface area contributed by atoms with Gasteiger partial charge < -0.3 is 15.4 Å². The number of H-pyrrole nitrogens is 1. The Bertz CT molecular complexity index is 186. The lowest BCUT2D eigenvalue weighted by atomic mass is 10.3. The fraction of sp³-hybridized carbons (Fsp3) is 0.667. The van der Waals surface area contributed by atoms with Crippen LogP contribution >= 0.6 is 0 Å². The van der Waals surface area contributed by atoms with Crippen molar-refractivity contribution < 1.29 is 5.11 Å². The summed E-state index contributed by atoms with van der Waals surface area (Å²) < 4.78 is 0. The predicted molar refractivity (Wildman–Crippen MR) is 41.2 cm³/mol. The molecule has 3 N–H and O–H groups in total. The van der Waals surface area contributed by atoms with Crippen LogP contribution in [0.3, 0.4) is 0 Å². The zero-order valence-electron chi connectivity index (χ0n) is 6.41. The van der Waals surface area contributed by atoms with E-state index in [1.165, 1.54) is 6.33 Å². The molecule has 1 aromatic heterocycles. The number of hydrogen-bond acceptors (Lipinski definition) is 4. The van der Waals surface area contributed by atoms with Gasteiger partial charge in [0, 0.05) is 6.54 Å². The van der Waals surface area contributed by atoms with Crippen molar-refractivity contribution in [2.24, 2.45) is 0 Å². The summed E-state index contributed by atoms with van der Waals surface area (Å²) in [5.74, 6) is 0.595. The molecule has 5 heteroatoms. The summed E-state index contributed by atoms with van der Waals surface area (Å²) in [5.41, 5.74) is 0. The standard InChI is InChI=1S/C6H12N4O/c1-2-5(11)3-7-6-8-4-9-10-6/h4-5,11H,2-3H2,1H3,(H2,7,8,9,10). The number of rotatable bonds is 4. The Morgan fingerprint density at radius 3 is 3.18 bits per heavy atom. The molecular formula is C6H12N4O. The third kappa shape index (κ3) is 2.55. The lowest BCUT2D eigenvalue weighted by molar-refractivity contribution is 0.183. The molecular weight excluding hydrogens is 144 g/mol. The Morgan fingerprint density at radius 2 is 2.64 bits per heavy atom. The summed E-state index contributed by atoms with van der Waals surface area (Å²) in [6.45, 7) is 2.43. The Labute approximate surface area is 64.9 Å². The van der Waals surface area contributed by atoms with Gasteiger partial charge in [0.2, 0.25) is 5.95 Å². The molecule has 0 aliphatic rings. The minimum Gasteiger partial charge on any atom is -0.391 e. The van der Waals surface area contributed by atoms with E-state index >= 15 is 0 Å². The largest absolute Gasteiger partial charge is 0.391 e. The molecule has 1 rings (SSSR count). The average Bonchev–Trinajstić information content (AvgIpc) is 2.52. The van der Waals surface area contributed by atoms with Crippen LogP contribution in [0.1, 0.15) is 13.3 Å². The van der Waals surface area contributed by atoms with Gasteiger partial charge in [0.1, 0.15) is 6.33 Å². The third-order valence-corrected chi connectivity index (χ3v) is 1.39. The number of aliphatic hydroxyl groups excluding tert-OH is 1. The first-order valence-electron chi connectivity index (χ1n) is 3.61. The number of anilines is 1. The van der Waals surface area contributed by atoms with Crippen LogP contribution in [-0.4, -0.2) is 32.9 Å². The quantitative estimate of drug-likeness (QED) is 0.573. The maximum atomic E-state index is 9.13. The second-order valence-corrected chi connectivity index (χ2v) is 2.28. The Morgan fingerprint density at radius 1 is 1.82 bits per heavy atom. The molecule has 0 radical (unpaired) electrons. The number of aromatic nitrogens is 3. The van der Waals surface area contributed by atoms with Gasteiger partial charge in [-0.15, -0.1) is 10.2 Å². The van der Waals surface area contributed by atoms with E-state index in [1.807, 2.05) is 6.92 Å². The van der Waals surface area contributed by atoms with Gasteiger partial charge in [-0.25, -0.2) is 0 Å². The van der Waals surface area contributed by atoms with Gasteiger partial charge >= 0.3 is 0 Å². The van der Waals surface area contributed by atoms with Crippen LogP contribution in [0, 0.1) is 0 Å². The zero-order chi connectivity index (χ0) is 8.10. The molecule has 0 aliphatic carbocycles. The number of nitrogens with zero attached hydrogens (tertiary/aromatic N) is 2. The fourth-order valence-electron chi connectivity index (χ4n) is 0.651. The number of aromatic amines is 1. The van der Waals surface area contributed by atoms with Crippen molar-refractivity contribution in [3.63, 3.8) is 0 Å². The lowest BCUT2D eigenvalue weighted by Crippen LogP contribution is -2.18. The van der Waals surface area contributed by atoms with Crippen LogP contribution in [0.2, 0.25) is 0 Å². The maximum absolute atomic E-state index is 9.13. The average molecular weight is 156 g/mol. The molecule has 11 heavy (non-hydrogen) atoms.